The molecule has 1 saturated heterocycles. The molecule has 7 nitrogen and oxygen atoms in total. The molecule has 0 radical (unpaired) electrons. The van der Waals surface area contributed by atoms with Crippen LogP contribution >= 0.6 is 0 Å². The number of H-pyrrole nitrogens is 1. The van der Waals surface area contributed by atoms with Crippen molar-refractivity contribution in [2.75, 3.05) is 6.54 Å². The standard InChI is InChI=1S/C13H20N4O3/c1-9(17-6-4-3-5-12(17)18)7-13(19)20-8-11-14-10(2)15-16-11/h9H,3-8H2,1-2H3,(H,14,15,16)/t9-/m0/s1. The number of rotatable bonds is 5. The van der Waals surface area contributed by atoms with Crippen LogP contribution in [0.5, 0.6) is 0 Å². The molecule has 1 fully saturated rings. The Labute approximate surface area is 117 Å². The maximum Gasteiger partial charge on any atom is 0.308 e. The fourth-order valence-electron chi connectivity index (χ4n) is 2.30. The zero-order chi connectivity index (χ0) is 14.5. The zero-order valence-corrected chi connectivity index (χ0v) is 11.9. The lowest BCUT2D eigenvalue weighted by Gasteiger charge is -2.32. The summed E-state index contributed by atoms with van der Waals surface area (Å²) >= 11 is 0. The summed E-state index contributed by atoms with van der Waals surface area (Å²) in [4.78, 5) is 29.3. The van der Waals surface area contributed by atoms with Crippen LogP contribution in [0.4, 0.5) is 0 Å². The first kappa shape index (κ1) is 14.5. The van der Waals surface area contributed by atoms with Gasteiger partial charge < -0.3 is 9.64 Å². The number of aromatic nitrogens is 3. The van der Waals surface area contributed by atoms with Crippen molar-refractivity contribution in [2.45, 2.75) is 52.2 Å². The predicted molar refractivity (Wildman–Crippen MR) is 70.6 cm³/mol. The second kappa shape index (κ2) is 6.49. The third-order valence-corrected chi connectivity index (χ3v) is 3.36. The van der Waals surface area contributed by atoms with Gasteiger partial charge in [0.1, 0.15) is 5.82 Å². The highest BCUT2D eigenvalue weighted by atomic mass is 16.5. The smallest absolute Gasteiger partial charge is 0.308 e. The van der Waals surface area contributed by atoms with E-state index in [9.17, 15) is 9.59 Å². The lowest BCUT2D eigenvalue weighted by atomic mass is 10.1. The largest absolute Gasteiger partial charge is 0.457 e. The van der Waals surface area contributed by atoms with Gasteiger partial charge in [0.15, 0.2) is 12.4 Å². The summed E-state index contributed by atoms with van der Waals surface area (Å²) in [5, 5.41) is 6.58. The number of esters is 1. The van der Waals surface area contributed by atoms with E-state index in [1.54, 1.807) is 11.8 Å². The molecule has 110 valence electrons. The van der Waals surface area contributed by atoms with Crippen molar-refractivity contribution in [3.05, 3.63) is 11.6 Å². The Bertz CT molecular complexity index is 486. The number of nitrogens with one attached hydrogen (secondary N) is 1. The second-order valence-corrected chi connectivity index (χ2v) is 5.10. The van der Waals surface area contributed by atoms with Gasteiger partial charge in [0, 0.05) is 19.0 Å². The van der Waals surface area contributed by atoms with Crippen molar-refractivity contribution in [1.82, 2.24) is 20.1 Å². The van der Waals surface area contributed by atoms with Crippen molar-refractivity contribution >= 4 is 11.9 Å². The quantitative estimate of drug-likeness (QED) is 0.811. The number of amides is 1. The van der Waals surface area contributed by atoms with Gasteiger partial charge in [0.25, 0.3) is 0 Å². The van der Waals surface area contributed by atoms with Crippen molar-refractivity contribution in [1.29, 1.82) is 0 Å². The maximum atomic E-state index is 11.8. The molecule has 1 aliphatic rings. The molecule has 1 aromatic heterocycles. The summed E-state index contributed by atoms with van der Waals surface area (Å²) in [6.07, 6.45) is 2.73. The molecule has 1 aliphatic heterocycles. The Morgan fingerprint density at radius 1 is 1.50 bits per heavy atom. The van der Waals surface area contributed by atoms with Crippen molar-refractivity contribution < 1.29 is 14.3 Å². The lowest BCUT2D eigenvalue weighted by molar-refractivity contribution is -0.148. The normalized spacial score (nSPS) is 17.1. The zero-order valence-electron chi connectivity index (χ0n) is 11.9. The summed E-state index contributed by atoms with van der Waals surface area (Å²) in [5.74, 6) is 0.931. The maximum absolute atomic E-state index is 11.8. The van der Waals surface area contributed by atoms with Crippen LogP contribution in [0.25, 0.3) is 0 Å². The van der Waals surface area contributed by atoms with Gasteiger partial charge in [0.05, 0.1) is 6.42 Å². The lowest BCUT2D eigenvalue weighted by Crippen LogP contribution is -2.42. The van der Waals surface area contributed by atoms with E-state index in [2.05, 4.69) is 15.2 Å². The van der Waals surface area contributed by atoms with Gasteiger partial charge >= 0.3 is 5.97 Å². The molecule has 20 heavy (non-hydrogen) atoms. The Morgan fingerprint density at radius 2 is 2.30 bits per heavy atom. The number of hydrogen-bond donors (Lipinski definition) is 1. The first-order valence-corrected chi connectivity index (χ1v) is 6.89. The number of aryl methyl sites for hydroxylation is 1. The van der Waals surface area contributed by atoms with Crippen LogP contribution in [0.15, 0.2) is 0 Å². The van der Waals surface area contributed by atoms with E-state index in [0.29, 0.717) is 18.1 Å². The topological polar surface area (TPSA) is 88.2 Å². The summed E-state index contributed by atoms with van der Waals surface area (Å²) in [7, 11) is 0. The van der Waals surface area contributed by atoms with Crippen molar-refractivity contribution in [3.8, 4) is 0 Å². The number of likely N-dealkylation sites (tertiary alicyclic amines) is 1. The van der Waals surface area contributed by atoms with Gasteiger partial charge in [-0.25, -0.2) is 4.98 Å². The van der Waals surface area contributed by atoms with E-state index in [0.717, 1.165) is 19.4 Å². The number of aromatic amines is 1. The molecule has 0 unspecified atom stereocenters. The van der Waals surface area contributed by atoms with E-state index in [4.69, 9.17) is 4.74 Å². The van der Waals surface area contributed by atoms with E-state index in [1.165, 1.54) is 0 Å². The van der Waals surface area contributed by atoms with Gasteiger partial charge in [-0.3, -0.25) is 14.7 Å². The number of nitrogens with zero attached hydrogens (tertiary/aromatic N) is 3. The Balaban J connectivity index is 1.77. The van der Waals surface area contributed by atoms with Gasteiger partial charge in [0.2, 0.25) is 5.91 Å². The highest BCUT2D eigenvalue weighted by Crippen LogP contribution is 2.16. The summed E-state index contributed by atoms with van der Waals surface area (Å²) in [5.41, 5.74) is 0. The van der Waals surface area contributed by atoms with Gasteiger partial charge in [-0.1, -0.05) is 0 Å². The van der Waals surface area contributed by atoms with Gasteiger partial charge in [-0.15, -0.1) is 0 Å². The third-order valence-electron chi connectivity index (χ3n) is 3.36. The molecular formula is C13H20N4O3. The minimum atomic E-state index is -0.335. The number of hydrogen-bond acceptors (Lipinski definition) is 5. The molecular weight excluding hydrogens is 260 g/mol. The van der Waals surface area contributed by atoms with Crippen LogP contribution in [-0.2, 0) is 20.9 Å². The number of ether oxygens (including phenoxy) is 1. The number of piperidine rings is 1. The van der Waals surface area contributed by atoms with Crippen LogP contribution in [0.2, 0.25) is 0 Å². The molecule has 1 aromatic rings. The predicted octanol–water partition coefficient (Wildman–Crippen LogP) is 0.947. The molecule has 0 saturated carbocycles. The first-order chi connectivity index (χ1) is 9.56. The molecule has 1 atom stereocenters. The van der Waals surface area contributed by atoms with E-state index >= 15 is 0 Å². The molecule has 0 spiro atoms. The van der Waals surface area contributed by atoms with Crippen LogP contribution in [0.3, 0.4) is 0 Å². The Morgan fingerprint density at radius 3 is 2.95 bits per heavy atom. The van der Waals surface area contributed by atoms with Crippen LogP contribution in [0.1, 0.15) is 44.3 Å². The average molecular weight is 280 g/mol. The average Bonchev–Trinajstić information content (AvgIpc) is 2.82. The van der Waals surface area contributed by atoms with E-state index < -0.39 is 0 Å². The highest BCUT2D eigenvalue weighted by Gasteiger charge is 2.25. The third kappa shape index (κ3) is 3.79. The van der Waals surface area contributed by atoms with Crippen molar-refractivity contribution in [3.63, 3.8) is 0 Å². The van der Waals surface area contributed by atoms with Crippen LogP contribution in [-0.4, -0.2) is 44.5 Å². The van der Waals surface area contributed by atoms with Gasteiger partial charge in [-0.05, 0) is 26.7 Å². The number of carbonyl (C=O) groups excluding carboxylic acids is 2. The summed E-state index contributed by atoms with van der Waals surface area (Å²) in [6, 6.07) is -0.121. The number of carbonyl (C=O) groups is 2. The van der Waals surface area contributed by atoms with Crippen LogP contribution in [0, 0.1) is 6.92 Å². The van der Waals surface area contributed by atoms with E-state index in [1.807, 2.05) is 6.92 Å². The molecule has 0 aromatic carbocycles. The fourth-order valence-corrected chi connectivity index (χ4v) is 2.30. The molecule has 2 heterocycles. The highest BCUT2D eigenvalue weighted by molar-refractivity contribution is 5.78. The molecule has 0 aliphatic carbocycles. The Kier molecular flexibility index (Phi) is 4.70. The summed E-state index contributed by atoms with van der Waals surface area (Å²) in [6.45, 7) is 4.45. The molecule has 0 bridgehead atoms. The molecule has 2 rings (SSSR count). The van der Waals surface area contributed by atoms with E-state index in [-0.39, 0.29) is 30.9 Å². The van der Waals surface area contributed by atoms with Crippen LogP contribution < -0.4 is 0 Å². The molecule has 1 N–H and O–H groups in total. The first-order valence-electron chi connectivity index (χ1n) is 6.89. The molecule has 1 amide bonds. The Hall–Kier alpha value is -1.92. The van der Waals surface area contributed by atoms with Gasteiger partial charge in [-0.2, -0.15) is 5.10 Å². The fraction of sp³-hybridized carbons (Fsp3) is 0.692. The van der Waals surface area contributed by atoms with Crippen molar-refractivity contribution in [2.24, 2.45) is 0 Å². The second-order valence-electron chi connectivity index (χ2n) is 5.10. The minimum Gasteiger partial charge on any atom is -0.457 e. The monoisotopic (exact) mass is 280 g/mol. The summed E-state index contributed by atoms with van der Waals surface area (Å²) < 4.78 is 5.12. The SMILES string of the molecule is Cc1nc(COC(=O)C[C@H](C)N2CCCCC2=O)n[nH]1. The molecule has 7 heteroatoms. The minimum absolute atomic E-state index is 0.0594.